The van der Waals surface area contributed by atoms with Gasteiger partial charge in [0.2, 0.25) is 0 Å². The first-order chi connectivity index (χ1) is 12.2. The molecule has 1 atom stereocenters. The fourth-order valence-electron chi connectivity index (χ4n) is 2.49. The third kappa shape index (κ3) is 4.20. The summed E-state index contributed by atoms with van der Waals surface area (Å²) in [5.74, 6) is -0.164. The maximum atomic E-state index is 12.5. The number of amides is 1. The van der Waals surface area contributed by atoms with E-state index >= 15 is 0 Å². The Morgan fingerprint density at radius 2 is 1.77 bits per heavy atom. The van der Waals surface area contributed by atoms with E-state index in [0.29, 0.717) is 5.56 Å². The Bertz CT molecular complexity index is 927. The molecule has 3 aromatic rings. The van der Waals surface area contributed by atoms with Gasteiger partial charge in [-0.15, -0.1) is 11.3 Å². The number of nitrogens with one attached hydrogen (secondary N) is 2. The number of hydrogen-bond donors (Lipinski definition) is 2. The zero-order valence-corrected chi connectivity index (χ0v) is 16.9. The molecule has 4 nitrogen and oxygen atoms in total. The maximum Gasteiger partial charge on any atom is 0.255 e. The normalized spacial score (nSPS) is 12.8. The largest absolute Gasteiger partial charge is 0.593 e. The summed E-state index contributed by atoms with van der Waals surface area (Å²) in [6.45, 7) is 7.77. The molecule has 0 aliphatic rings. The van der Waals surface area contributed by atoms with E-state index < -0.39 is 11.4 Å². The van der Waals surface area contributed by atoms with Crippen molar-refractivity contribution in [3.05, 3.63) is 59.0 Å². The highest BCUT2D eigenvalue weighted by molar-refractivity contribution is 7.94. The quantitative estimate of drug-likeness (QED) is 0.595. The van der Waals surface area contributed by atoms with Crippen LogP contribution in [0.1, 0.15) is 36.7 Å². The van der Waals surface area contributed by atoms with E-state index in [-0.39, 0.29) is 10.7 Å². The lowest BCUT2D eigenvalue weighted by Crippen LogP contribution is -2.33. The van der Waals surface area contributed by atoms with E-state index in [4.69, 9.17) is 0 Å². The van der Waals surface area contributed by atoms with Gasteiger partial charge in [-0.25, -0.2) is 4.72 Å². The number of fused-ring (bicyclic) bond motifs is 1. The van der Waals surface area contributed by atoms with E-state index in [1.165, 1.54) is 4.70 Å². The predicted octanol–water partition coefficient (Wildman–Crippen LogP) is 5.34. The van der Waals surface area contributed by atoms with Crippen LogP contribution in [0.4, 0.5) is 11.4 Å². The average Bonchev–Trinajstić information content (AvgIpc) is 3.03. The molecule has 136 valence electrons. The zero-order valence-electron chi connectivity index (χ0n) is 15.3. The second-order valence-corrected chi connectivity index (χ2v) is 10.0. The van der Waals surface area contributed by atoms with Gasteiger partial charge in [0.1, 0.15) is 4.75 Å². The fourth-order valence-corrected chi connectivity index (χ4v) is 4.00. The topological polar surface area (TPSA) is 64.2 Å². The number of benzene rings is 2. The molecule has 0 saturated heterocycles. The molecule has 1 unspecified atom stereocenters. The van der Waals surface area contributed by atoms with Crippen molar-refractivity contribution in [2.75, 3.05) is 10.0 Å². The Balaban J connectivity index is 1.71. The van der Waals surface area contributed by atoms with E-state index in [2.05, 4.69) is 21.5 Å². The number of hydrogen-bond acceptors (Lipinski definition) is 4. The van der Waals surface area contributed by atoms with Crippen molar-refractivity contribution in [3.63, 3.8) is 0 Å². The van der Waals surface area contributed by atoms with Crippen LogP contribution in [0, 0.1) is 6.92 Å². The lowest BCUT2D eigenvalue weighted by Gasteiger charge is -2.23. The van der Waals surface area contributed by atoms with Gasteiger partial charge in [-0.3, -0.25) is 4.79 Å². The third-order valence-corrected chi connectivity index (χ3v) is 6.51. The minimum Gasteiger partial charge on any atom is -0.593 e. The minimum atomic E-state index is -1.20. The molecule has 0 aliphatic heterocycles. The summed E-state index contributed by atoms with van der Waals surface area (Å²) in [4.78, 5) is 12.5. The van der Waals surface area contributed by atoms with E-state index in [9.17, 15) is 9.35 Å². The Morgan fingerprint density at radius 1 is 1.08 bits per heavy atom. The molecule has 1 amide bonds. The molecular formula is C20H22N2O2S2. The van der Waals surface area contributed by atoms with Crippen LogP contribution in [0.3, 0.4) is 0 Å². The number of aryl methyl sites for hydroxylation is 1. The second-order valence-electron chi connectivity index (χ2n) is 7.15. The monoisotopic (exact) mass is 386 g/mol. The maximum absolute atomic E-state index is 12.5. The molecule has 0 fully saturated rings. The number of anilines is 2. The lowest BCUT2D eigenvalue weighted by molar-refractivity contribution is 0.102. The van der Waals surface area contributed by atoms with Gasteiger partial charge in [0.05, 0.1) is 17.0 Å². The Kier molecular flexibility index (Phi) is 5.27. The van der Waals surface area contributed by atoms with Crippen LogP contribution >= 0.6 is 11.3 Å². The Morgan fingerprint density at radius 3 is 2.42 bits per heavy atom. The van der Waals surface area contributed by atoms with E-state index in [0.717, 1.165) is 22.3 Å². The number of rotatable bonds is 4. The average molecular weight is 387 g/mol. The summed E-state index contributed by atoms with van der Waals surface area (Å²) >= 11 is 0.502. The number of carbonyl (C=O) groups is 1. The van der Waals surface area contributed by atoms with E-state index in [1.807, 2.05) is 39.8 Å². The van der Waals surface area contributed by atoms with Gasteiger partial charge >= 0.3 is 0 Å². The van der Waals surface area contributed by atoms with Crippen LogP contribution in [0.25, 0.3) is 10.1 Å². The SMILES string of the molecule is Cc1cc(NC(=O)c2ccc(N[S+]([O-])C(C)(C)C)cc2)cc2ccsc12. The van der Waals surface area contributed by atoms with Gasteiger partial charge < -0.3 is 9.87 Å². The van der Waals surface area contributed by atoms with Crippen LogP contribution in [0.15, 0.2) is 47.8 Å². The van der Waals surface area contributed by atoms with Gasteiger partial charge in [-0.2, -0.15) is 0 Å². The van der Waals surface area contributed by atoms with Gasteiger partial charge in [-0.05, 0) is 86.5 Å². The number of carbonyl (C=O) groups excluding carboxylic acids is 1. The Hall–Kier alpha value is -2.02. The standard InChI is InChI=1S/C20H22N2O2S2/c1-13-11-17(12-15-9-10-25-18(13)15)21-19(23)14-5-7-16(8-6-14)22-26(24)20(2,3)4/h5-12,22H,1-4H3,(H,21,23). The predicted molar refractivity (Wildman–Crippen MR) is 112 cm³/mol. The van der Waals surface area contributed by atoms with Gasteiger partial charge in [0.15, 0.2) is 0 Å². The van der Waals surface area contributed by atoms with Crippen molar-refractivity contribution < 1.29 is 9.35 Å². The van der Waals surface area contributed by atoms with Crippen molar-refractivity contribution >= 4 is 50.1 Å². The fraction of sp³-hybridized carbons (Fsp3) is 0.250. The van der Waals surface area contributed by atoms with Crippen molar-refractivity contribution in [2.45, 2.75) is 32.4 Å². The van der Waals surface area contributed by atoms with Crippen molar-refractivity contribution in [1.82, 2.24) is 0 Å². The second kappa shape index (κ2) is 7.31. The highest BCUT2D eigenvalue weighted by Crippen LogP contribution is 2.28. The molecule has 0 saturated carbocycles. The molecule has 0 aliphatic carbocycles. The van der Waals surface area contributed by atoms with Crippen LogP contribution in [-0.4, -0.2) is 15.2 Å². The van der Waals surface area contributed by atoms with Crippen LogP contribution in [-0.2, 0) is 11.4 Å². The summed E-state index contributed by atoms with van der Waals surface area (Å²) in [6, 6.07) is 13.0. The summed E-state index contributed by atoms with van der Waals surface area (Å²) < 4.78 is 16.0. The summed E-state index contributed by atoms with van der Waals surface area (Å²) in [5.41, 5.74) is 3.22. The first kappa shape index (κ1) is 18.8. The molecule has 0 spiro atoms. The van der Waals surface area contributed by atoms with Crippen LogP contribution in [0.5, 0.6) is 0 Å². The highest BCUT2D eigenvalue weighted by Gasteiger charge is 2.26. The van der Waals surface area contributed by atoms with Gasteiger partial charge in [0, 0.05) is 16.0 Å². The lowest BCUT2D eigenvalue weighted by atomic mass is 10.1. The molecule has 3 rings (SSSR count). The summed E-state index contributed by atoms with van der Waals surface area (Å²) in [5, 5.41) is 6.14. The highest BCUT2D eigenvalue weighted by atomic mass is 32.2. The van der Waals surface area contributed by atoms with Crippen LogP contribution < -0.4 is 10.0 Å². The summed E-state index contributed by atoms with van der Waals surface area (Å²) in [7, 11) is 0. The molecule has 6 heteroatoms. The van der Waals surface area contributed by atoms with Gasteiger partial charge in [-0.1, -0.05) is 0 Å². The third-order valence-electron chi connectivity index (χ3n) is 3.91. The number of thiophene rings is 1. The molecule has 1 heterocycles. The first-order valence-corrected chi connectivity index (χ1v) is 10.3. The first-order valence-electron chi connectivity index (χ1n) is 8.32. The molecule has 1 aromatic heterocycles. The van der Waals surface area contributed by atoms with Crippen LogP contribution in [0.2, 0.25) is 0 Å². The molecular weight excluding hydrogens is 364 g/mol. The van der Waals surface area contributed by atoms with Crippen molar-refractivity contribution in [3.8, 4) is 0 Å². The Labute approximate surface area is 160 Å². The van der Waals surface area contributed by atoms with Crippen molar-refractivity contribution in [1.29, 1.82) is 0 Å². The molecule has 26 heavy (non-hydrogen) atoms. The molecule has 0 radical (unpaired) electrons. The summed E-state index contributed by atoms with van der Waals surface area (Å²) in [6.07, 6.45) is 0. The smallest absolute Gasteiger partial charge is 0.255 e. The van der Waals surface area contributed by atoms with E-state index in [1.54, 1.807) is 35.6 Å². The molecule has 2 N–H and O–H groups in total. The molecule has 2 aromatic carbocycles. The van der Waals surface area contributed by atoms with Crippen molar-refractivity contribution in [2.24, 2.45) is 0 Å². The molecule has 0 bridgehead atoms. The minimum absolute atomic E-state index is 0.164. The van der Waals surface area contributed by atoms with Gasteiger partial charge in [0.25, 0.3) is 5.91 Å². The zero-order chi connectivity index (χ0) is 18.9.